The minimum absolute atomic E-state index is 0.00934. The van der Waals surface area contributed by atoms with Crippen LogP contribution in [0, 0.1) is 10.1 Å². The van der Waals surface area contributed by atoms with Crippen molar-refractivity contribution in [2.45, 2.75) is 18.0 Å². The summed E-state index contributed by atoms with van der Waals surface area (Å²) in [5.41, 5.74) is 1.07. The predicted octanol–water partition coefficient (Wildman–Crippen LogP) is 6.56. The zero-order chi connectivity index (χ0) is 38.7. The molecule has 3 heterocycles. The summed E-state index contributed by atoms with van der Waals surface area (Å²) in [6, 6.07) is 28.1. The number of aromatic carboxylic acids is 1. The van der Waals surface area contributed by atoms with Crippen LogP contribution in [0.2, 0.25) is 0 Å². The van der Waals surface area contributed by atoms with E-state index >= 15 is 0 Å². The molecule has 15 heteroatoms. The Morgan fingerprint density at radius 1 is 0.800 bits per heavy atom. The Kier molecular flexibility index (Phi) is 10.0. The highest BCUT2D eigenvalue weighted by Crippen LogP contribution is 2.43. The molecule has 0 saturated heterocycles. The van der Waals surface area contributed by atoms with Gasteiger partial charge in [0.1, 0.15) is 17.1 Å². The number of nitro groups is 1. The van der Waals surface area contributed by atoms with Crippen molar-refractivity contribution in [1.29, 1.82) is 0 Å². The molecule has 0 amide bonds. The number of rotatable bonds is 13. The van der Waals surface area contributed by atoms with E-state index in [0.29, 0.717) is 41.0 Å². The number of anilines is 1. The van der Waals surface area contributed by atoms with E-state index in [4.69, 9.17) is 4.42 Å². The fraction of sp³-hybridized carbons (Fsp3) is 0.100. The summed E-state index contributed by atoms with van der Waals surface area (Å²) in [7, 11) is -4.71. The van der Waals surface area contributed by atoms with Crippen LogP contribution in [0.3, 0.4) is 0 Å². The number of carboxylic acids is 1. The molecule has 0 fully saturated rings. The second-order valence-corrected chi connectivity index (χ2v) is 14.3. The van der Waals surface area contributed by atoms with E-state index in [1.54, 1.807) is 24.5 Å². The van der Waals surface area contributed by atoms with E-state index in [-0.39, 0.29) is 52.4 Å². The fourth-order valence-electron chi connectivity index (χ4n) is 6.45. The van der Waals surface area contributed by atoms with Crippen LogP contribution in [0.25, 0.3) is 33.4 Å². The minimum Gasteiger partial charge on any atom is -0.508 e. The van der Waals surface area contributed by atoms with Gasteiger partial charge in [-0.3, -0.25) is 34.1 Å². The van der Waals surface area contributed by atoms with Crippen molar-refractivity contribution in [2.75, 3.05) is 17.4 Å². The SMILES string of the molecule is O=C(O)c1ccc(N(CCN(Cc2ccccn2)Cc2ccccn2)S(=O)(=O)c2ccccc2[N+](=O)[O-])cc1-c1c2ccc(=O)cc-2oc2cc(O)ccc12. The molecule has 1 aliphatic carbocycles. The van der Waals surface area contributed by atoms with E-state index in [9.17, 15) is 38.3 Å². The third-order valence-corrected chi connectivity index (χ3v) is 10.8. The third-order valence-electron chi connectivity index (χ3n) is 8.94. The van der Waals surface area contributed by atoms with Gasteiger partial charge in [0.25, 0.3) is 15.7 Å². The first-order chi connectivity index (χ1) is 26.5. The van der Waals surface area contributed by atoms with E-state index in [2.05, 4.69) is 9.97 Å². The number of phenolic OH excluding ortho intramolecular Hbond substituents is 1. The van der Waals surface area contributed by atoms with Crippen molar-refractivity contribution in [3.8, 4) is 28.2 Å². The molecule has 14 nitrogen and oxygen atoms in total. The number of benzene rings is 4. The third kappa shape index (κ3) is 7.60. The smallest absolute Gasteiger partial charge is 0.336 e. The number of nitro benzene ring substituents is 1. The van der Waals surface area contributed by atoms with Crippen LogP contribution in [-0.2, 0) is 23.1 Å². The summed E-state index contributed by atoms with van der Waals surface area (Å²) in [5, 5.41) is 33.2. The number of pyridine rings is 2. The first-order valence-electron chi connectivity index (χ1n) is 16.9. The van der Waals surface area contributed by atoms with E-state index in [1.165, 1.54) is 66.7 Å². The van der Waals surface area contributed by atoms with Gasteiger partial charge in [-0.2, -0.15) is 0 Å². The standard InChI is InChI=1S/C40H31N5O9S/c46-29-12-15-32-36(22-29)54-37-23-30(47)13-16-33(37)39(32)34-21-28(11-14-31(34)40(48)49)44(55(52,53)38-10-2-1-9-35(38)45(50)51)20-19-43(24-26-7-3-5-17-41-26)25-27-8-4-6-18-42-27/h1-18,21-23,46H,19-20,24-25H2,(H,48,49). The maximum absolute atomic E-state index is 14.7. The normalized spacial score (nSPS) is 11.6. The van der Waals surface area contributed by atoms with Gasteiger partial charge in [0.15, 0.2) is 10.3 Å². The summed E-state index contributed by atoms with van der Waals surface area (Å²) in [4.78, 5) is 46.8. The Morgan fingerprint density at radius 2 is 1.49 bits per heavy atom. The Balaban J connectivity index is 1.42. The maximum Gasteiger partial charge on any atom is 0.336 e. The lowest BCUT2D eigenvalue weighted by Gasteiger charge is -2.29. The highest BCUT2D eigenvalue weighted by molar-refractivity contribution is 7.93. The van der Waals surface area contributed by atoms with Crippen molar-refractivity contribution in [3.63, 3.8) is 0 Å². The molecule has 7 rings (SSSR count). The van der Waals surface area contributed by atoms with Crippen LogP contribution < -0.4 is 9.73 Å². The molecule has 2 N–H and O–H groups in total. The molecule has 0 bridgehead atoms. The molecule has 0 unspecified atom stereocenters. The lowest BCUT2D eigenvalue weighted by molar-refractivity contribution is -0.387. The second-order valence-electron chi connectivity index (χ2n) is 12.5. The van der Waals surface area contributed by atoms with Gasteiger partial charge in [-0.25, -0.2) is 13.2 Å². The Morgan fingerprint density at radius 3 is 2.15 bits per heavy atom. The summed E-state index contributed by atoms with van der Waals surface area (Å²) >= 11 is 0. The van der Waals surface area contributed by atoms with E-state index < -0.39 is 31.5 Å². The summed E-state index contributed by atoms with van der Waals surface area (Å²) in [6.07, 6.45) is 3.29. The zero-order valence-corrected chi connectivity index (χ0v) is 29.7. The highest BCUT2D eigenvalue weighted by atomic mass is 32.2. The van der Waals surface area contributed by atoms with Crippen LogP contribution in [0.1, 0.15) is 21.7 Å². The number of hydrogen-bond donors (Lipinski definition) is 2. The highest BCUT2D eigenvalue weighted by Gasteiger charge is 2.33. The molecular weight excluding hydrogens is 727 g/mol. The van der Waals surface area contributed by atoms with E-state index in [0.717, 1.165) is 16.4 Å². The molecule has 2 aliphatic rings. The fourth-order valence-corrected chi connectivity index (χ4v) is 8.06. The Hall–Kier alpha value is -6.97. The molecule has 0 spiro atoms. The molecule has 3 aromatic carbocycles. The van der Waals surface area contributed by atoms with Crippen molar-refractivity contribution >= 4 is 38.3 Å². The monoisotopic (exact) mass is 757 g/mol. The number of hydrogen-bond acceptors (Lipinski definition) is 11. The van der Waals surface area contributed by atoms with Gasteiger partial charge in [-0.1, -0.05) is 24.3 Å². The number of carbonyl (C=O) groups is 1. The van der Waals surface area contributed by atoms with Crippen molar-refractivity contribution < 1.29 is 32.8 Å². The molecule has 2 aromatic heterocycles. The van der Waals surface area contributed by atoms with Crippen molar-refractivity contribution in [1.82, 2.24) is 14.9 Å². The van der Waals surface area contributed by atoms with Gasteiger partial charge in [0, 0.05) is 73.3 Å². The molecular formula is C40H31N5O9S. The number of para-hydroxylation sites is 1. The second kappa shape index (κ2) is 15.2. The van der Waals surface area contributed by atoms with Gasteiger partial charge < -0.3 is 14.6 Å². The van der Waals surface area contributed by atoms with Gasteiger partial charge in [-0.05, 0) is 78.4 Å². The number of aromatic hydroxyl groups is 1. The largest absolute Gasteiger partial charge is 0.508 e. The Labute approximate surface area is 313 Å². The number of phenols is 1. The number of carboxylic acid groups (broad SMARTS) is 1. The van der Waals surface area contributed by atoms with Crippen LogP contribution >= 0.6 is 0 Å². The maximum atomic E-state index is 14.7. The summed E-state index contributed by atoms with van der Waals surface area (Å²) in [6.45, 7) is 0.462. The number of sulfonamides is 1. The molecule has 0 atom stereocenters. The minimum atomic E-state index is -4.71. The van der Waals surface area contributed by atoms with Crippen LogP contribution in [0.5, 0.6) is 5.75 Å². The summed E-state index contributed by atoms with van der Waals surface area (Å²) in [5.74, 6) is -1.37. The van der Waals surface area contributed by atoms with Crippen molar-refractivity contribution in [2.24, 2.45) is 0 Å². The topological polar surface area (TPSA) is 197 Å². The first kappa shape index (κ1) is 36.4. The molecule has 5 aromatic rings. The lowest BCUT2D eigenvalue weighted by atomic mass is 9.90. The number of aromatic nitrogens is 2. The van der Waals surface area contributed by atoms with E-state index in [1.807, 2.05) is 29.2 Å². The molecule has 1 aliphatic heterocycles. The number of fused-ring (bicyclic) bond motifs is 2. The predicted molar refractivity (Wildman–Crippen MR) is 203 cm³/mol. The van der Waals surface area contributed by atoms with Gasteiger partial charge in [-0.15, -0.1) is 0 Å². The van der Waals surface area contributed by atoms with Crippen LogP contribution in [0.15, 0.2) is 142 Å². The van der Waals surface area contributed by atoms with Gasteiger partial charge in [0.05, 0.1) is 27.6 Å². The molecule has 55 heavy (non-hydrogen) atoms. The molecule has 0 saturated carbocycles. The Bertz CT molecular complexity index is 2650. The summed E-state index contributed by atoms with van der Waals surface area (Å²) < 4.78 is 36.5. The van der Waals surface area contributed by atoms with Crippen molar-refractivity contribution in [3.05, 3.63) is 165 Å². The van der Waals surface area contributed by atoms with Crippen LogP contribution in [-0.4, -0.2) is 57.5 Å². The quantitative estimate of drug-likeness (QED) is 0.0731. The number of nitrogens with zero attached hydrogens (tertiary/aromatic N) is 5. The van der Waals surface area contributed by atoms with Gasteiger partial charge >= 0.3 is 5.97 Å². The first-order valence-corrected chi connectivity index (χ1v) is 18.3. The lowest BCUT2D eigenvalue weighted by Crippen LogP contribution is -2.39. The average molecular weight is 758 g/mol. The molecule has 0 radical (unpaired) electrons. The zero-order valence-electron chi connectivity index (χ0n) is 28.8. The van der Waals surface area contributed by atoms with Gasteiger partial charge in [0.2, 0.25) is 0 Å². The molecule has 276 valence electrons. The average Bonchev–Trinajstić information content (AvgIpc) is 3.17. The van der Waals surface area contributed by atoms with Crippen LogP contribution in [0.4, 0.5) is 11.4 Å².